The van der Waals surface area contributed by atoms with Crippen LogP contribution in [0.4, 0.5) is 0 Å². The minimum absolute atomic E-state index is 0.323. The lowest BCUT2D eigenvalue weighted by molar-refractivity contribution is -0.151. The first-order chi connectivity index (χ1) is 5.41. The van der Waals surface area contributed by atoms with Crippen LogP contribution in [-0.2, 0) is 14.1 Å². The van der Waals surface area contributed by atoms with Crippen LogP contribution in [0.15, 0.2) is 0 Å². The number of carbonyl (C=O) groups is 1. The van der Waals surface area contributed by atoms with Gasteiger partial charge in [0, 0.05) is 4.57 Å². The van der Waals surface area contributed by atoms with Crippen molar-refractivity contribution in [1.29, 1.82) is 0 Å². The Bertz CT molecular complexity index is 141. The van der Waals surface area contributed by atoms with Crippen LogP contribution in [0.3, 0.4) is 0 Å². The Hall–Kier alpha value is -0.550. The van der Waals surface area contributed by atoms with E-state index in [0.717, 1.165) is 0 Å². The molecule has 0 saturated heterocycles. The number of rotatable bonds is 2. The first kappa shape index (κ1) is 14.0. The van der Waals surface area contributed by atoms with Crippen LogP contribution < -0.4 is 0 Å². The van der Waals surface area contributed by atoms with Crippen LogP contribution in [0.5, 0.6) is 0 Å². The van der Waals surface area contributed by atoms with Crippen molar-refractivity contribution < 1.29 is 29.0 Å². The standard InChI is InChI=1S/C5H10O3.HO3P/c1-3-8-5(7)4(2)6;1-4(2)3/h4,6H,3H2,1-2H3;(H-,1,2,3)/p+1/t4-;/m0./s1. The van der Waals surface area contributed by atoms with Gasteiger partial charge in [0.1, 0.15) is 6.10 Å². The molecule has 7 heteroatoms. The molecule has 3 N–H and O–H groups in total. The average molecular weight is 199 g/mol. The Labute approximate surface area is 70.7 Å². The first-order valence-corrected chi connectivity index (χ1v) is 4.28. The highest BCUT2D eigenvalue weighted by Crippen LogP contribution is 1.98. The molecule has 1 atom stereocenters. The normalized spacial score (nSPS) is 10.8. The van der Waals surface area contributed by atoms with Crippen LogP contribution in [-0.4, -0.2) is 33.6 Å². The van der Waals surface area contributed by atoms with Crippen LogP contribution in [0.25, 0.3) is 0 Å². The molecular formula is C5H12O6P+. The second kappa shape index (κ2) is 8.55. The molecular weight excluding hydrogens is 187 g/mol. The number of carbonyl (C=O) groups excluding carboxylic acids is 1. The quantitative estimate of drug-likeness (QED) is 0.411. The summed E-state index contributed by atoms with van der Waals surface area (Å²) in [6, 6.07) is 0. The summed E-state index contributed by atoms with van der Waals surface area (Å²) >= 11 is 0. The van der Waals surface area contributed by atoms with Crippen LogP contribution >= 0.6 is 8.25 Å². The third-order valence-electron chi connectivity index (χ3n) is 0.628. The van der Waals surface area contributed by atoms with E-state index in [1.165, 1.54) is 6.92 Å². The summed E-state index contributed by atoms with van der Waals surface area (Å²) in [5, 5.41) is 8.48. The lowest BCUT2D eigenvalue weighted by Gasteiger charge is -2.01. The van der Waals surface area contributed by atoms with Crippen molar-refractivity contribution in [3.63, 3.8) is 0 Å². The molecule has 0 aromatic rings. The van der Waals surface area contributed by atoms with Crippen molar-refractivity contribution in [2.75, 3.05) is 6.61 Å². The maximum atomic E-state index is 10.3. The molecule has 0 aliphatic heterocycles. The molecule has 72 valence electrons. The Morgan fingerprint density at radius 2 is 1.92 bits per heavy atom. The summed E-state index contributed by atoms with van der Waals surface area (Å²) in [7, 11) is -2.87. The molecule has 0 aromatic heterocycles. The van der Waals surface area contributed by atoms with Crippen LogP contribution in [0.2, 0.25) is 0 Å². The van der Waals surface area contributed by atoms with Crippen LogP contribution in [0.1, 0.15) is 13.8 Å². The van der Waals surface area contributed by atoms with E-state index in [4.69, 9.17) is 19.5 Å². The van der Waals surface area contributed by atoms with Crippen molar-refractivity contribution in [1.82, 2.24) is 0 Å². The van der Waals surface area contributed by atoms with Gasteiger partial charge in [0.25, 0.3) is 0 Å². The van der Waals surface area contributed by atoms with Crippen LogP contribution in [0, 0.1) is 0 Å². The molecule has 0 unspecified atom stereocenters. The Morgan fingerprint density at radius 1 is 1.58 bits per heavy atom. The maximum Gasteiger partial charge on any atom is 0.692 e. The van der Waals surface area contributed by atoms with Gasteiger partial charge in [-0.05, 0) is 13.8 Å². The Kier molecular flexibility index (Phi) is 9.97. The molecule has 0 radical (unpaired) electrons. The number of aliphatic hydroxyl groups excluding tert-OH is 1. The summed E-state index contributed by atoms with van der Waals surface area (Å²) in [5.41, 5.74) is 0. The second-order valence-corrected chi connectivity index (χ2v) is 2.19. The average Bonchev–Trinajstić information content (AvgIpc) is 1.86. The molecule has 0 aliphatic carbocycles. The predicted octanol–water partition coefficient (Wildman–Crippen LogP) is -0.441. The lowest BCUT2D eigenvalue weighted by Crippen LogP contribution is -2.18. The van der Waals surface area contributed by atoms with Crippen molar-refractivity contribution in [3.8, 4) is 0 Å². The molecule has 0 rings (SSSR count). The molecule has 0 heterocycles. The van der Waals surface area contributed by atoms with E-state index in [1.54, 1.807) is 6.92 Å². The SMILES string of the molecule is CCOC(=O)[C@H](C)O.O=[P+](O)O. The number of ether oxygens (including phenoxy) is 1. The summed E-state index contributed by atoms with van der Waals surface area (Å²) < 4.78 is 13.1. The first-order valence-electron chi connectivity index (χ1n) is 3.11. The summed E-state index contributed by atoms with van der Waals surface area (Å²) in [6.07, 6.45) is -0.991. The van der Waals surface area contributed by atoms with Crippen molar-refractivity contribution in [2.45, 2.75) is 20.0 Å². The largest absolute Gasteiger partial charge is 0.692 e. The number of hydrogen-bond acceptors (Lipinski definition) is 4. The van der Waals surface area contributed by atoms with Crippen molar-refractivity contribution in [3.05, 3.63) is 0 Å². The minimum atomic E-state index is -2.87. The van der Waals surface area contributed by atoms with Gasteiger partial charge >= 0.3 is 14.2 Å². The third-order valence-corrected chi connectivity index (χ3v) is 0.628. The summed E-state index contributed by atoms with van der Waals surface area (Å²) in [6.45, 7) is 3.39. The molecule has 0 fully saturated rings. The van der Waals surface area contributed by atoms with Gasteiger partial charge in [-0.1, -0.05) is 0 Å². The fourth-order valence-corrected chi connectivity index (χ4v) is 0.263. The highest BCUT2D eigenvalue weighted by Gasteiger charge is 2.07. The lowest BCUT2D eigenvalue weighted by atomic mass is 10.4. The summed E-state index contributed by atoms with van der Waals surface area (Å²) in [4.78, 5) is 24.5. The minimum Gasteiger partial charge on any atom is -0.464 e. The molecule has 0 spiro atoms. The van der Waals surface area contributed by atoms with Gasteiger partial charge in [0.05, 0.1) is 6.61 Å². The third kappa shape index (κ3) is 16.2. The molecule has 0 aromatic carbocycles. The smallest absolute Gasteiger partial charge is 0.464 e. The van der Waals surface area contributed by atoms with Crippen molar-refractivity contribution in [2.24, 2.45) is 0 Å². The van der Waals surface area contributed by atoms with Gasteiger partial charge < -0.3 is 9.84 Å². The van der Waals surface area contributed by atoms with E-state index >= 15 is 0 Å². The molecule has 0 amide bonds. The van der Waals surface area contributed by atoms with Gasteiger partial charge in [-0.15, -0.1) is 9.79 Å². The number of aliphatic hydroxyl groups is 1. The number of hydrogen-bond donors (Lipinski definition) is 3. The number of esters is 1. The summed E-state index contributed by atoms with van der Waals surface area (Å²) in [5.74, 6) is -0.562. The zero-order valence-electron chi connectivity index (χ0n) is 6.80. The zero-order valence-corrected chi connectivity index (χ0v) is 7.69. The highest BCUT2D eigenvalue weighted by molar-refractivity contribution is 7.30. The zero-order chi connectivity index (χ0) is 10.1. The van der Waals surface area contributed by atoms with E-state index in [1.807, 2.05) is 0 Å². The van der Waals surface area contributed by atoms with Crippen molar-refractivity contribution >= 4 is 14.2 Å². The predicted molar refractivity (Wildman–Crippen MR) is 40.4 cm³/mol. The van der Waals surface area contributed by atoms with E-state index in [2.05, 4.69) is 4.74 Å². The molecule has 6 nitrogen and oxygen atoms in total. The van der Waals surface area contributed by atoms with Gasteiger partial charge in [-0.3, -0.25) is 0 Å². The van der Waals surface area contributed by atoms with E-state index in [-0.39, 0.29) is 0 Å². The molecule has 12 heavy (non-hydrogen) atoms. The van der Waals surface area contributed by atoms with Gasteiger partial charge in [0.2, 0.25) is 0 Å². The maximum absolute atomic E-state index is 10.3. The molecule has 0 bridgehead atoms. The highest BCUT2D eigenvalue weighted by atomic mass is 31.1. The fourth-order valence-electron chi connectivity index (χ4n) is 0.263. The van der Waals surface area contributed by atoms with E-state index in [0.29, 0.717) is 6.61 Å². The van der Waals surface area contributed by atoms with E-state index in [9.17, 15) is 4.79 Å². The fraction of sp³-hybridized carbons (Fsp3) is 0.800. The Morgan fingerprint density at radius 3 is 2.00 bits per heavy atom. The van der Waals surface area contributed by atoms with Gasteiger partial charge in [0.15, 0.2) is 0 Å². The topological polar surface area (TPSA) is 104 Å². The van der Waals surface area contributed by atoms with E-state index < -0.39 is 20.3 Å². The second-order valence-electron chi connectivity index (χ2n) is 1.68. The van der Waals surface area contributed by atoms with Gasteiger partial charge in [-0.25, -0.2) is 4.79 Å². The van der Waals surface area contributed by atoms with Gasteiger partial charge in [-0.2, -0.15) is 0 Å². The molecule has 0 aliphatic rings. The molecule has 0 saturated carbocycles. The Balaban J connectivity index is 0. The monoisotopic (exact) mass is 199 g/mol.